The molecule has 0 radical (unpaired) electrons. The second-order valence-corrected chi connectivity index (χ2v) is 13.8. The summed E-state index contributed by atoms with van der Waals surface area (Å²) >= 11 is 0.912. The first-order valence-corrected chi connectivity index (χ1v) is 16.4. The minimum atomic E-state index is -4.14. The summed E-state index contributed by atoms with van der Waals surface area (Å²) in [6.07, 6.45) is -2.48. The number of rotatable bonds is 14. The number of carbonyl (C=O) groups is 1. The Hall–Kier alpha value is -2.93. The largest absolute Gasteiger partial charge is 0.405 e. The van der Waals surface area contributed by atoms with Crippen LogP contribution in [0.1, 0.15) is 38.4 Å². The summed E-state index contributed by atoms with van der Waals surface area (Å²) in [6.45, 7) is 3.64. The lowest BCUT2D eigenvalue weighted by atomic mass is 9.78. The van der Waals surface area contributed by atoms with Gasteiger partial charge in [-0.3, -0.25) is 13.8 Å². The molecule has 1 aromatic carbocycles. The summed E-state index contributed by atoms with van der Waals surface area (Å²) in [4.78, 5) is 16.3. The van der Waals surface area contributed by atoms with Gasteiger partial charge in [-0.15, -0.1) is 0 Å². The fourth-order valence-corrected chi connectivity index (χ4v) is 7.02. The molecule has 0 amide bonds. The number of anilines is 1. The molecule has 238 valence electrons. The number of aliphatic hydroxyl groups is 2. The van der Waals surface area contributed by atoms with E-state index in [4.69, 9.17) is 19.5 Å². The maximum atomic E-state index is 16.7. The van der Waals surface area contributed by atoms with Crippen LogP contribution in [0.5, 0.6) is 0 Å². The van der Waals surface area contributed by atoms with E-state index in [0.29, 0.717) is 5.52 Å². The summed E-state index contributed by atoms with van der Waals surface area (Å²) in [6, 6.07) is 13.9. The van der Waals surface area contributed by atoms with Gasteiger partial charge in [0.05, 0.1) is 30.9 Å². The predicted molar refractivity (Wildman–Crippen MR) is 161 cm³/mol. The third-order valence-corrected chi connectivity index (χ3v) is 10.2. The number of carbonyl (C=O) groups excluding carboxylic acids is 1. The molecule has 0 saturated carbocycles. The van der Waals surface area contributed by atoms with Gasteiger partial charge >= 0.3 is 7.75 Å². The van der Waals surface area contributed by atoms with Crippen molar-refractivity contribution in [3.8, 4) is 6.07 Å². The number of nitriles is 1. The van der Waals surface area contributed by atoms with Crippen LogP contribution < -0.4 is 10.8 Å². The number of halogens is 1. The Balaban J connectivity index is 1.54. The number of ether oxygens (including phenoxy) is 1. The Morgan fingerprint density at radius 2 is 2.05 bits per heavy atom. The predicted octanol–water partition coefficient (Wildman–Crippen LogP) is 3.12. The van der Waals surface area contributed by atoms with Gasteiger partial charge in [-0.2, -0.15) is 10.4 Å². The smallest absolute Gasteiger partial charge is 0.395 e. The fraction of sp³-hybridized carbons (Fsp3) is 0.500. The van der Waals surface area contributed by atoms with Crippen LogP contribution in [-0.4, -0.2) is 73.4 Å². The van der Waals surface area contributed by atoms with Crippen molar-refractivity contribution in [3.63, 3.8) is 0 Å². The topological polar surface area (TPSA) is 194 Å². The summed E-state index contributed by atoms with van der Waals surface area (Å²) in [5.41, 5.74) is 1.09. The van der Waals surface area contributed by atoms with Gasteiger partial charge in [0.2, 0.25) is 5.60 Å². The molecule has 44 heavy (non-hydrogen) atoms. The molecule has 0 bridgehead atoms. The highest BCUT2D eigenvalue weighted by Crippen LogP contribution is 2.53. The number of nitrogen functional groups attached to an aromatic ring is 1. The molecule has 1 unspecified atom stereocenters. The molecule has 1 aliphatic heterocycles. The van der Waals surface area contributed by atoms with Crippen molar-refractivity contribution in [2.24, 2.45) is 5.41 Å². The van der Waals surface area contributed by atoms with Crippen LogP contribution in [0.15, 0.2) is 48.8 Å². The van der Waals surface area contributed by atoms with Gasteiger partial charge in [-0.25, -0.2) is 23.5 Å². The second-order valence-electron chi connectivity index (χ2n) is 10.9. The lowest BCUT2D eigenvalue weighted by molar-refractivity contribution is -0.119. The van der Waals surface area contributed by atoms with Crippen LogP contribution in [0.25, 0.3) is 5.52 Å². The van der Waals surface area contributed by atoms with Crippen molar-refractivity contribution in [2.45, 2.75) is 57.2 Å². The molecular formula is C28H36FN6O7PS. The van der Waals surface area contributed by atoms with Crippen molar-refractivity contribution in [3.05, 3.63) is 60.0 Å². The molecule has 1 fully saturated rings. The van der Waals surface area contributed by atoms with Crippen molar-refractivity contribution in [1.29, 1.82) is 5.26 Å². The van der Waals surface area contributed by atoms with Crippen molar-refractivity contribution >= 4 is 36.0 Å². The first-order valence-electron chi connectivity index (χ1n) is 13.9. The molecule has 4 rings (SSSR count). The highest BCUT2D eigenvalue weighted by molar-refractivity contribution is 8.13. The van der Waals surface area contributed by atoms with E-state index in [1.807, 2.05) is 12.1 Å². The second kappa shape index (κ2) is 13.6. The molecule has 1 aliphatic rings. The Morgan fingerprint density at radius 1 is 1.32 bits per heavy atom. The number of nitrogens with two attached hydrogens (primary N) is 1. The minimum absolute atomic E-state index is 0.0101. The van der Waals surface area contributed by atoms with E-state index in [9.17, 15) is 24.8 Å². The van der Waals surface area contributed by atoms with E-state index in [0.717, 1.165) is 23.7 Å². The van der Waals surface area contributed by atoms with Gasteiger partial charge in [0.25, 0.3) is 0 Å². The number of benzene rings is 1. The molecule has 0 spiro atoms. The lowest BCUT2D eigenvalue weighted by Gasteiger charge is -2.33. The molecule has 16 heteroatoms. The summed E-state index contributed by atoms with van der Waals surface area (Å²) in [5, 5.41) is 37.5. The number of alkyl halides is 1. The van der Waals surface area contributed by atoms with E-state index < -0.39 is 43.2 Å². The summed E-state index contributed by atoms with van der Waals surface area (Å²) < 4.78 is 49.0. The standard InChI is InChI=1S/C28H36FN6O7PS/c1-4-27(29)23(37)21(42-28(27,16-30)22-11-10-20-24(31)32-18-33-35(20)22)15-41-43(39,34-14-19-8-6-5-7-9-19)40-12-13-44-25(38)26(2,3)17-36/h5-11,18,21,23,36-37H,4,12-15,17H2,1-3H3,(H,34,39)(H2,31,32,33)/t21-,23-,27-,28+,43?/m1/s1. The Bertz CT molecular complexity index is 1560. The molecular weight excluding hydrogens is 614 g/mol. The first kappa shape index (κ1) is 34.0. The zero-order chi connectivity index (χ0) is 32.2. The van der Waals surface area contributed by atoms with Gasteiger partial charge in [0, 0.05) is 12.3 Å². The zero-order valence-electron chi connectivity index (χ0n) is 24.6. The molecule has 1 saturated heterocycles. The van der Waals surface area contributed by atoms with Crippen LogP contribution in [0.3, 0.4) is 0 Å². The van der Waals surface area contributed by atoms with E-state index in [1.165, 1.54) is 23.6 Å². The number of fused-ring (bicyclic) bond motifs is 1. The van der Waals surface area contributed by atoms with Gasteiger partial charge in [-0.05, 0) is 38.0 Å². The van der Waals surface area contributed by atoms with Crippen molar-refractivity contribution in [2.75, 3.05) is 31.3 Å². The van der Waals surface area contributed by atoms with Crippen LogP contribution in [-0.2, 0) is 35.3 Å². The van der Waals surface area contributed by atoms with Crippen LogP contribution in [0.4, 0.5) is 10.2 Å². The van der Waals surface area contributed by atoms with Crippen LogP contribution in [0, 0.1) is 16.7 Å². The van der Waals surface area contributed by atoms with E-state index in [1.54, 1.807) is 38.1 Å². The number of hydrogen-bond acceptors (Lipinski definition) is 12. The van der Waals surface area contributed by atoms with Crippen LogP contribution in [0.2, 0.25) is 0 Å². The quantitative estimate of drug-likeness (QED) is 0.147. The maximum Gasteiger partial charge on any atom is 0.405 e. The lowest BCUT2D eigenvalue weighted by Crippen LogP contribution is -2.50. The molecule has 13 nitrogen and oxygen atoms in total. The number of aromatic nitrogens is 3. The molecule has 5 N–H and O–H groups in total. The van der Waals surface area contributed by atoms with E-state index in [2.05, 4.69) is 15.2 Å². The van der Waals surface area contributed by atoms with Gasteiger partial charge < -0.3 is 20.7 Å². The third-order valence-electron chi connectivity index (χ3n) is 7.50. The molecule has 0 aliphatic carbocycles. The Labute approximate surface area is 258 Å². The minimum Gasteiger partial charge on any atom is -0.395 e. The number of hydrogen-bond donors (Lipinski definition) is 4. The monoisotopic (exact) mass is 650 g/mol. The van der Waals surface area contributed by atoms with Gasteiger partial charge in [0.15, 0.2) is 16.6 Å². The normalized spacial score (nSPS) is 25.1. The van der Waals surface area contributed by atoms with Crippen molar-refractivity contribution in [1.82, 2.24) is 19.7 Å². The first-order chi connectivity index (χ1) is 20.9. The number of aliphatic hydroxyl groups excluding tert-OH is 2. The number of nitrogens with one attached hydrogen (secondary N) is 1. The van der Waals surface area contributed by atoms with Crippen LogP contribution >= 0.6 is 19.5 Å². The van der Waals surface area contributed by atoms with Gasteiger partial charge in [-0.1, -0.05) is 49.0 Å². The number of thioether (sulfide) groups is 1. The van der Waals surface area contributed by atoms with E-state index in [-0.39, 0.29) is 48.6 Å². The SMILES string of the molecule is CC[C@@]1(F)[C@H](O)[C@@H](COP(=O)(NCc2ccccc2)OCCSC(=O)C(C)(C)CO)O[C@@]1(C#N)c1ccc2c(N)ncnn12. The Kier molecular flexibility index (Phi) is 10.5. The Morgan fingerprint density at radius 3 is 2.70 bits per heavy atom. The summed E-state index contributed by atoms with van der Waals surface area (Å²) in [7, 11) is -4.14. The zero-order valence-corrected chi connectivity index (χ0v) is 26.3. The third kappa shape index (κ3) is 6.54. The fourth-order valence-electron chi connectivity index (χ4n) is 4.78. The summed E-state index contributed by atoms with van der Waals surface area (Å²) in [5.74, 6) is 0.208. The maximum absolute atomic E-state index is 16.7. The van der Waals surface area contributed by atoms with E-state index >= 15 is 4.39 Å². The molecule has 3 heterocycles. The molecule has 2 aromatic heterocycles. The molecule has 5 atom stereocenters. The highest BCUT2D eigenvalue weighted by atomic mass is 32.2. The highest BCUT2D eigenvalue weighted by Gasteiger charge is 2.68. The average Bonchev–Trinajstić information content (AvgIpc) is 3.56. The average molecular weight is 651 g/mol. The molecule has 3 aromatic rings. The van der Waals surface area contributed by atoms with Crippen molar-refractivity contribution < 1.29 is 37.7 Å². The van der Waals surface area contributed by atoms with Gasteiger partial charge in [0.1, 0.15) is 30.1 Å². The number of nitrogens with zero attached hydrogens (tertiary/aromatic N) is 4.